The summed E-state index contributed by atoms with van der Waals surface area (Å²) in [5, 5.41) is 0. The van der Waals surface area contributed by atoms with Gasteiger partial charge in [0, 0.05) is 22.6 Å². The van der Waals surface area contributed by atoms with Crippen LogP contribution in [0.15, 0.2) is 0 Å². The summed E-state index contributed by atoms with van der Waals surface area (Å²) in [5.74, 6) is 0.753. The fraction of sp³-hybridized carbons (Fsp3) is 0.900. The second-order valence-electron chi connectivity index (χ2n) is 3.93. The summed E-state index contributed by atoms with van der Waals surface area (Å²) < 4.78 is 2.52. The van der Waals surface area contributed by atoms with Crippen molar-refractivity contribution in [2.45, 2.75) is 51.4 Å². The normalized spacial score (nSPS) is 20.4. The van der Waals surface area contributed by atoms with Gasteiger partial charge in [-0.3, -0.25) is 9.14 Å². The molecule has 0 aliphatic heterocycles. The standard InChI is InChI=1S/C10H18BrNO/c11-12-10(13)8-9-6-4-2-1-3-5-7-9/h9H,1-8H2,(H,12,13). The topological polar surface area (TPSA) is 29.1 Å². The molecule has 1 N–H and O–H groups in total. The van der Waals surface area contributed by atoms with Gasteiger partial charge in [-0.2, -0.15) is 0 Å². The van der Waals surface area contributed by atoms with E-state index in [1.165, 1.54) is 44.9 Å². The van der Waals surface area contributed by atoms with Crippen molar-refractivity contribution in [1.82, 2.24) is 4.34 Å². The average Bonchev–Trinajstić information content (AvgIpc) is 2.09. The summed E-state index contributed by atoms with van der Waals surface area (Å²) >= 11 is 2.98. The van der Waals surface area contributed by atoms with E-state index in [0.29, 0.717) is 12.3 Å². The van der Waals surface area contributed by atoms with Gasteiger partial charge >= 0.3 is 0 Å². The highest BCUT2D eigenvalue weighted by atomic mass is 79.9. The lowest BCUT2D eigenvalue weighted by molar-refractivity contribution is -0.120. The van der Waals surface area contributed by atoms with Crippen LogP contribution in [0.3, 0.4) is 0 Å². The van der Waals surface area contributed by atoms with Crippen LogP contribution in [0.25, 0.3) is 0 Å². The van der Waals surface area contributed by atoms with Crippen molar-refractivity contribution in [1.29, 1.82) is 0 Å². The van der Waals surface area contributed by atoms with E-state index >= 15 is 0 Å². The van der Waals surface area contributed by atoms with Crippen molar-refractivity contribution in [2.24, 2.45) is 5.92 Å². The zero-order valence-electron chi connectivity index (χ0n) is 8.02. The van der Waals surface area contributed by atoms with E-state index in [2.05, 4.69) is 20.5 Å². The van der Waals surface area contributed by atoms with Crippen LogP contribution in [0.5, 0.6) is 0 Å². The fourth-order valence-electron chi connectivity index (χ4n) is 2.05. The Hall–Kier alpha value is -0.0500. The first kappa shape index (κ1) is 11.0. The molecule has 0 heterocycles. The molecule has 1 fully saturated rings. The van der Waals surface area contributed by atoms with Gasteiger partial charge in [-0.25, -0.2) is 0 Å². The predicted octanol–water partition coefficient (Wildman–Crippen LogP) is 3.16. The van der Waals surface area contributed by atoms with E-state index < -0.39 is 0 Å². The van der Waals surface area contributed by atoms with Crippen LogP contribution in [0, 0.1) is 5.92 Å². The minimum absolute atomic E-state index is 0.130. The molecular formula is C10H18BrNO. The van der Waals surface area contributed by atoms with Crippen molar-refractivity contribution in [3.8, 4) is 0 Å². The Labute approximate surface area is 88.8 Å². The number of halogens is 1. The number of amides is 1. The largest absolute Gasteiger partial charge is 0.293 e. The third-order valence-electron chi connectivity index (χ3n) is 2.80. The Morgan fingerprint density at radius 1 is 1.15 bits per heavy atom. The minimum Gasteiger partial charge on any atom is -0.293 e. The van der Waals surface area contributed by atoms with Gasteiger partial charge in [-0.15, -0.1) is 0 Å². The molecule has 76 valence electrons. The molecule has 0 aromatic carbocycles. The van der Waals surface area contributed by atoms with Gasteiger partial charge in [0.15, 0.2) is 0 Å². The summed E-state index contributed by atoms with van der Waals surface area (Å²) in [6.45, 7) is 0. The average molecular weight is 248 g/mol. The highest BCUT2D eigenvalue weighted by Gasteiger charge is 2.14. The van der Waals surface area contributed by atoms with Crippen LogP contribution in [0.2, 0.25) is 0 Å². The molecule has 13 heavy (non-hydrogen) atoms. The zero-order valence-corrected chi connectivity index (χ0v) is 9.61. The van der Waals surface area contributed by atoms with Gasteiger partial charge in [0.05, 0.1) is 0 Å². The molecule has 0 unspecified atom stereocenters. The van der Waals surface area contributed by atoms with E-state index in [1.54, 1.807) is 0 Å². The Morgan fingerprint density at radius 2 is 1.69 bits per heavy atom. The Morgan fingerprint density at radius 3 is 2.23 bits per heavy atom. The molecule has 0 saturated heterocycles. The summed E-state index contributed by atoms with van der Waals surface area (Å²) in [6.07, 6.45) is 9.88. The third-order valence-corrected chi connectivity index (χ3v) is 3.25. The van der Waals surface area contributed by atoms with E-state index in [4.69, 9.17) is 0 Å². The quantitative estimate of drug-likeness (QED) is 0.747. The Bertz CT molecular complexity index is 153. The maximum absolute atomic E-state index is 11.1. The van der Waals surface area contributed by atoms with E-state index in [1.807, 2.05) is 0 Å². The molecule has 1 rings (SSSR count). The van der Waals surface area contributed by atoms with Gasteiger partial charge in [0.25, 0.3) is 0 Å². The number of rotatable bonds is 2. The first-order chi connectivity index (χ1) is 6.33. The number of hydrogen-bond acceptors (Lipinski definition) is 1. The molecular weight excluding hydrogens is 230 g/mol. The summed E-state index contributed by atoms with van der Waals surface area (Å²) in [4.78, 5) is 11.1. The highest BCUT2D eigenvalue weighted by Crippen LogP contribution is 2.24. The van der Waals surface area contributed by atoms with Crippen LogP contribution in [-0.4, -0.2) is 5.91 Å². The van der Waals surface area contributed by atoms with Crippen LogP contribution >= 0.6 is 16.1 Å². The number of carbonyl (C=O) groups excluding carboxylic acids is 1. The molecule has 0 atom stereocenters. The van der Waals surface area contributed by atoms with Gasteiger partial charge in [0.1, 0.15) is 0 Å². The van der Waals surface area contributed by atoms with Gasteiger partial charge in [-0.05, 0) is 18.8 Å². The van der Waals surface area contributed by atoms with Crippen molar-refractivity contribution >= 4 is 22.1 Å². The van der Waals surface area contributed by atoms with E-state index in [-0.39, 0.29) is 5.91 Å². The summed E-state index contributed by atoms with van der Waals surface area (Å²) in [6, 6.07) is 0. The maximum Gasteiger partial charge on any atom is 0.230 e. The molecule has 1 aliphatic carbocycles. The second kappa shape index (κ2) is 6.41. The summed E-state index contributed by atoms with van der Waals surface area (Å²) in [5.41, 5.74) is 0. The van der Waals surface area contributed by atoms with E-state index in [0.717, 1.165) is 0 Å². The van der Waals surface area contributed by atoms with Crippen molar-refractivity contribution in [3.63, 3.8) is 0 Å². The lowest BCUT2D eigenvalue weighted by Gasteiger charge is -2.18. The van der Waals surface area contributed by atoms with E-state index in [9.17, 15) is 4.79 Å². The molecule has 0 aromatic heterocycles. The minimum atomic E-state index is 0.130. The SMILES string of the molecule is O=C(CC1CCCCCCC1)NBr. The molecule has 3 heteroatoms. The van der Waals surface area contributed by atoms with Crippen LogP contribution in [-0.2, 0) is 4.79 Å². The summed E-state index contributed by atoms with van der Waals surface area (Å²) in [7, 11) is 0. The molecule has 0 aromatic rings. The lowest BCUT2D eigenvalue weighted by atomic mass is 9.89. The maximum atomic E-state index is 11.1. The van der Waals surface area contributed by atoms with Crippen LogP contribution < -0.4 is 4.34 Å². The lowest BCUT2D eigenvalue weighted by Crippen LogP contribution is -2.17. The number of hydrogen-bond donors (Lipinski definition) is 1. The van der Waals surface area contributed by atoms with Gasteiger partial charge in [0.2, 0.25) is 5.91 Å². The smallest absolute Gasteiger partial charge is 0.230 e. The molecule has 2 nitrogen and oxygen atoms in total. The van der Waals surface area contributed by atoms with Crippen molar-refractivity contribution < 1.29 is 4.79 Å². The zero-order chi connectivity index (χ0) is 9.52. The first-order valence-corrected chi connectivity index (χ1v) is 6.01. The van der Waals surface area contributed by atoms with Gasteiger partial charge in [-0.1, -0.05) is 32.1 Å². The molecule has 1 aliphatic rings. The molecule has 0 radical (unpaired) electrons. The monoisotopic (exact) mass is 247 g/mol. The molecule has 1 amide bonds. The number of carbonyl (C=O) groups is 1. The fourth-order valence-corrected chi connectivity index (χ4v) is 2.21. The number of nitrogens with one attached hydrogen (secondary N) is 1. The highest BCUT2D eigenvalue weighted by molar-refractivity contribution is 9.08. The predicted molar refractivity (Wildman–Crippen MR) is 57.5 cm³/mol. The Kier molecular flexibility index (Phi) is 5.44. The third kappa shape index (κ3) is 4.65. The molecule has 1 saturated carbocycles. The van der Waals surface area contributed by atoms with Crippen molar-refractivity contribution in [3.05, 3.63) is 0 Å². The van der Waals surface area contributed by atoms with Crippen LogP contribution in [0.4, 0.5) is 0 Å². The molecule has 0 spiro atoms. The Balaban J connectivity index is 2.25. The second-order valence-corrected chi connectivity index (χ2v) is 4.33. The molecule has 0 bridgehead atoms. The first-order valence-electron chi connectivity index (χ1n) is 5.22. The van der Waals surface area contributed by atoms with Gasteiger partial charge < -0.3 is 0 Å². The van der Waals surface area contributed by atoms with Crippen molar-refractivity contribution in [2.75, 3.05) is 0 Å². The van der Waals surface area contributed by atoms with Crippen LogP contribution in [0.1, 0.15) is 51.4 Å².